The standard InChI is InChI=1S/C11H9ClF2N2O2/c1-2-18-8(17)4-6-3-7(5-15)16-10(12)9(6)11(13)14/h3,11H,2,4H2,1H3. The van der Waals surface area contributed by atoms with E-state index in [0.29, 0.717) is 0 Å². The predicted molar refractivity (Wildman–Crippen MR) is 59.3 cm³/mol. The Hall–Kier alpha value is -1.74. The van der Waals surface area contributed by atoms with Gasteiger partial charge in [0.1, 0.15) is 16.9 Å². The van der Waals surface area contributed by atoms with Gasteiger partial charge in [-0.3, -0.25) is 4.79 Å². The third-order valence-corrected chi connectivity index (χ3v) is 2.36. The zero-order valence-electron chi connectivity index (χ0n) is 9.41. The lowest BCUT2D eigenvalue weighted by Crippen LogP contribution is -2.11. The summed E-state index contributed by atoms with van der Waals surface area (Å²) in [5.74, 6) is -0.662. The number of alkyl halides is 2. The molecule has 0 amide bonds. The second kappa shape index (κ2) is 6.26. The molecule has 0 saturated heterocycles. The van der Waals surface area contributed by atoms with E-state index in [0.717, 1.165) is 6.07 Å². The van der Waals surface area contributed by atoms with Crippen LogP contribution in [0.25, 0.3) is 0 Å². The van der Waals surface area contributed by atoms with Crippen LogP contribution in [0, 0.1) is 11.3 Å². The number of rotatable bonds is 4. The summed E-state index contributed by atoms with van der Waals surface area (Å²) < 4.78 is 30.3. The van der Waals surface area contributed by atoms with E-state index in [-0.39, 0.29) is 24.3 Å². The number of nitrogens with zero attached hydrogens (tertiary/aromatic N) is 2. The molecule has 18 heavy (non-hydrogen) atoms. The van der Waals surface area contributed by atoms with E-state index >= 15 is 0 Å². The Bertz CT molecular complexity index is 501. The van der Waals surface area contributed by atoms with Crippen LogP contribution in [0.5, 0.6) is 0 Å². The molecule has 1 rings (SSSR count). The fraction of sp³-hybridized carbons (Fsp3) is 0.364. The molecule has 0 N–H and O–H groups in total. The van der Waals surface area contributed by atoms with Gasteiger partial charge in [-0.05, 0) is 18.6 Å². The molecule has 0 atom stereocenters. The summed E-state index contributed by atoms with van der Waals surface area (Å²) >= 11 is 5.57. The minimum absolute atomic E-state index is 0.0417. The van der Waals surface area contributed by atoms with E-state index in [2.05, 4.69) is 9.72 Å². The van der Waals surface area contributed by atoms with Crippen molar-refractivity contribution < 1.29 is 18.3 Å². The van der Waals surface area contributed by atoms with Crippen molar-refractivity contribution in [3.63, 3.8) is 0 Å². The van der Waals surface area contributed by atoms with E-state index in [4.69, 9.17) is 16.9 Å². The lowest BCUT2D eigenvalue weighted by atomic mass is 10.1. The minimum atomic E-state index is -2.87. The Kier molecular flexibility index (Phi) is 4.98. The number of carbonyl (C=O) groups is 1. The summed E-state index contributed by atoms with van der Waals surface area (Å²) in [5, 5.41) is 8.21. The van der Waals surface area contributed by atoms with E-state index < -0.39 is 23.1 Å². The molecule has 4 nitrogen and oxygen atoms in total. The first-order chi connectivity index (χ1) is 8.49. The van der Waals surface area contributed by atoms with Gasteiger partial charge in [-0.25, -0.2) is 13.8 Å². The number of carbonyl (C=O) groups excluding carboxylic acids is 1. The molecule has 96 valence electrons. The number of pyridine rings is 1. The highest BCUT2D eigenvalue weighted by Gasteiger charge is 2.21. The highest BCUT2D eigenvalue weighted by atomic mass is 35.5. The van der Waals surface area contributed by atoms with E-state index in [1.165, 1.54) is 0 Å². The third kappa shape index (κ3) is 3.37. The van der Waals surface area contributed by atoms with Crippen molar-refractivity contribution in [1.82, 2.24) is 4.98 Å². The zero-order valence-corrected chi connectivity index (χ0v) is 10.2. The summed E-state index contributed by atoms with van der Waals surface area (Å²) in [6.07, 6.45) is -3.24. The number of ether oxygens (including phenoxy) is 1. The Morgan fingerprint density at radius 3 is 2.83 bits per heavy atom. The van der Waals surface area contributed by atoms with Crippen molar-refractivity contribution in [2.45, 2.75) is 19.8 Å². The topological polar surface area (TPSA) is 63.0 Å². The number of hydrogen-bond acceptors (Lipinski definition) is 4. The summed E-state index contributed by atoms with van der Waals surface area (Å²) in [4.78, 5) is 14.8. The molecule has 0 saturated carbocycles. The van der Waals surface area contributed by atoms with Gasteiger partial charge < -0.3 is 4.74 Å². The average molecular weight is 275 g/mol. The van der Waals surface area contributed by atoms with Crippen molar-refractivity contribution in [2.75, 3.05) is 6.61 Å². The fourth-order valence-corrected chi connectivity index (χ4v) is 1.67. The van der Waals surface area contributed by atoms with Crippen LogP contribution in [0.15, 0.2) is 6.07 Å². The van der Waals surface area contributed by atoms with Gasteiger partial charge in [0.05, 0.1) is 18.6 Å². The molecule has 1 heterocycles. The Balaban J connectivity index is 3.18. The Labute approximate surface area is 107 Å². The molecule has 0 aliphatic rings. The maximum Gasteiger partial charge on any atom is 0.310 e. The number of halogens is 3. The molecule has 0 unspecified atom stereocenters. The van der Waals surface area contributed by atoms with Crippen molar-refractivity contribution in [3.8, 4) is 6.07 Å². The van der Waals surface area contributed by atoms with Gasteiger partial charge in [-0.15, -0.1) is 0 Å². The number of nitriles is 1. The van der Waals surface area contributed by atoms with Crippen LogP contribution >= 0.6 is 11.6 Å². The SMILES string of the molecule is CCOC(=O)Cc1cc(C#N)nc(Cl)c1C(F)F. The van der Waals surface area contributed by atoms with Crippen molar-refractivity contribution in [3.05, 3.63) is 28.0 Å². The van der Waals surface area contributed by atoms with Gasteiger partial charge >= 0.3 is 5.97 Å². The Morgan fingerprint density at radius 1 is 1.67 bits per heavy atom. The highest BCUT2D eigenvalue weighted by Crippen LogP contribution is 2.30. The first-order valence-corrected chi connectivity index (χ1v) is 5.40. The summed E-state index contributed by atoms with van der Waals surface area (Å²) in [6, 6.07) is 2.80. The molecule has 7 heteroatoms. The van der Waals surface area contributed by atoms with Crippen LogP contribution in [0.4, 0.5) is 8.78 Å². The van der Waals surface area contributed by atoms with Crippen molar-refractivity contribution in [2.24, 2.45) is 0 Å². The molecule has 1 aromatic heterocycles. The first-order valence-electron chi connectivity index (χ1n) is 5.02. The summed E-state index contributed by atoms with van der Waals surface area (Å²) in [5.41, 5.74) is -0.701. The largest absolute Gasteiger partial charge is 0.466 e. The molecule has 0 aliphatic heterocycles. The van der Waals surface area contributed by atoms with Gasteiger partial charge in [0.2, 0.25) is 0 Å². The van der Waals surface area contributed by atoms with Crippen LogP contribution in [0.2, 0.25) is 5.15 Å². The second-order valence-corrected chi connectivity index (χ2v) is 3.62. The van der Waals surface area contributed by atoms with Gasteiger partial charge in [-0.1, -0.05) is 11.6 Å². The molecule has 0 aliphatic carbocycles. The van der Waals surface area contributed by atoms with Gasteiger partial charge in [0, 0.05) is 0 Å². The van der Waals surface area contributed by atoms with Crippen LogP contribution < -0.4 is 0 Å². The van der Waals surface area contributed by atoms with Crippen LogP contribution in [0.3, 0.4) is 0 Å². The van der Waals surface area contributed by atoms with Crippen LogP contribution in [-0.4, -0.2) is 17.6 Å². The highest BCUT2D eigenvalue weighted by molar-refractivity contribution is 6.30. The normalized spacial score (nSPS) is 10.2. The molecule has 0 spiro atoms. The van der Waals surface area contributed by atoms with E-state index in [9.17, 15) is 13.6 Å². The number of aromatic nitrogens is 1. The van der Waals surface area contributed by atoms with Gasteiger partial charge in [-0.2, -0.15) is 5.26 Å². The quantitative estimate of drug-likeness (QED) is 0.625. The van der Waals surface area contributed by atoms with Gasteiger partial charge in [0.15, 0.2) is 0 Å². The maximum atomic E-state index is 12.8. The predicted octanol–water partition coefficient (Wildman–Crippen LogP) is 2.65. The average Bonchev–Trinajstić information content (AvgIpc) is 2.27. The molecular formula is C11H9ClF2N2O2. The van der Waals surface area contributed by atoms with Crippen molar-refractivity contribution >= 4 is 17.6 Å². The van der Waals surface area contributed by atoms with E-state index in [1.54, 1.807) is 13.0 Å². The second-order valence-electron chi connectivity index (χ2n) is 3.27. The third-order valence-electron chi connectivity index (χ3n) is 2.07. The smallest absolute Gasteiger partial charge is 0.310 e. The van der Waals surface area contributed by atoms with Crippen molar-refractivity contribution in [1.29, 1.82) is 5.26 Å². The minimum Gasteiger partial charge on any atom is -0.466 e. The van der Waals surface area contributed by atoms with Gasteiger partial charge in [0.25, 0.3) is 6.43 Å². The lowest BCUT2D eigenvalue weighted by molar-refractivity contribution is -0.142. The molecule has 0 aromatic carbocycles. The Morgan fingerprint density at radius 2 is 2.33 bits per heavy atom. The monoisotopic (exact) mass is 274 g/mol. The fourth-order valence-electron chi connectivity index (χ4n) is 1.37. The molecule has 1 aromatic rings. The van der Waals surface area contributed by atoms with Crippen LogP contribution in [-0.2, 0) is 16.0 Å². The first kappa shape index (κ1) is 14.3. The zero-order chi connectivity index (χ0) is 13.7. The molecule has 0 radical (unpaired) electrons. The number of esters is 1. The summed E-state index contributed by atoms with van der Waals surface area (Å²) in [6.45, 7) is 1.75. The molecular weight excluding hydrogens is 266 g/mol. The van der Waals surface area contributed by atoms with E-state index in [1.807, 2.05) is 0 Å². The molecule has 0 bridgehead atoms. The molecule has 0 fully saturated rings. The summed E-state index contributed by atoms with van der Waals surface area (Å²) in [7, 11) is 0. The number of hydrogen-bond donors (Lipinski definition) is 0. The lowest BCUT2D eigenvalue weighted by Gasteiger charge is -2.10. The van der Waals surface area contributed by atoms with Crippen LogP contribution in [0.1, 0.15) is 30.2 Å². The maximum absolute atomic E-state index is 12.8.